The zero-order chi connectivity index (χ0) is 19.4. The van der Waals surface area contributed by atoms with Gasteiger partial charge in [-0.05, 0) is 30.9 Å². The summed E-state index contributed by atoms with van der Waals surface area (Å²) in [5, 5.41) is 6.68. The van der Waals surface area contributed by atoms with Crippen molar-refractivity contribution in [3.8, 4) is 17.1 Å². The lowest BCUT2D eigenvalue weighted by atomic mass is 10.0. The van der Waals surface area contributed by atoms with Crippen LogP contribution in [0.5, 0.6) is 5.75 Å². The molecule has 1 aromatic carbocycles. The summed E-state index contributed by atoms with van der Waals surface area (Å²) in [5.41, 5.74) is 0.905. The van der Waals surface area contributed by atoms with Crippen molar-refractivity contribution in [3.63, 3.8) is 0 Å². The summed E-state index contributed by atoms with van der Waals surface area (Å²) in [6.45, 7) is 5.34. The van der Waals surface area contributed by atoms with Crippen LogP contribution in [-0.4, -0.2) is 48.1 Å². The second-order valence-corrected chi connectivity index (χ2v) is 7.04. The Morgan fingerprint density at radius 3 is 2.63 bits per heavy atom. The third-order valence-corrected chi connectivity index (χ3v) is 4.73. The zero-order valence-corrected chi connectivity index (χ0v) is 15.9. The topological polar surface area (TPSA) is 84.7 Å². The minimum Gasteiger partial charge on any atom is -0.497 e. The molecule has 0 aliphatic carbocycles. The lowest BCUT2D eigenvalue weighted by Crippen LogP contribution is -2.50. The lowest BCUT2D eigenvalue weighted by molar-refractivity contribution is -0.133. The molecule has 1 unspecified atom stereocenters. The second-order valence-electron chi connectivity index (χ2n) is 7.04. The molecule has 1 aliphatic rings. The van der Waals surface area contributed by atoms with E-state index in [1.807, 2.05) is 36.9 Å². The molecule has 2 aromatic rings. The molecular formula is C20H25N3O4. The highest BCUT2D eigenvalue weighted by atomic mass is 16.5. The Morgan fingerprint density at radius 1 is 1.22 bits per heavy atom. The largest absolute Gasteiger partial charge is 0.497 e. The summed E-state index contributed by atoms with van der Waals surface area (Å²) in [4.78, 5) is 27.1. The fourth-order valence-electron chi connectivity index (χ4n) is 3.16. The number of hydrogen-bond acceptors (Lipinski definition) is 5. The maximum Gasteiger partial charge on any atom is 0.274 e. The van der Waals surface area contributed by atoms with Gasteiger partial charge in [0.05, 0.1) is 7.11 Å². The molecule has 1 saturated heterocycles. The number of hydrogen-bond donors (Lipinski definition) is 1. The van der Waals surface area contributed by atoms with Crippen molar-refractivity contribution in [3.05, 3.63) is 36.0 Å². The van der Waals surface area contributed by atoms with E-state index in [-0.39, 0.29) is 17.5 Å². The van der Waals surface area contributed by atoms with Gasteiger partial charge < -0.3 is 19.5 Å². The monoisotopic (exact) mass is 371 g/mol. The molecule has 144 valence electrons. The SMILES string of the molecule is COc1cccc(-c2cc(C(=O)NC(C(=O)N3CCCC3)C(C)C)no2)c1. The second kappa shape index (κ2) is 8.24. The number of nitrogens with zero attached hydrogens (tertiary/aromatic N) is 2. The van der Waals surface area contributed by atoms with E-state index in [0.717, 1.165) is 31.5 Å². The molecule has 0 saturated carbocycles. The van der Waals surface area contributed by atoms with Crippen LogP contribution in [0.25, 0.3) is 11.3 Å². The van der Waals surface area contributed by atoms with Crippen molar-refractivity contribution in [2.24, 2.45) is 5.92 Å². The van der Waals surface area contributed by atoms with E-state index in [1.165, 1.54) is 0 Å². The van der Waals surface area contributed by atoms with Gasteiger partial charge in [0.25, 0.3) is 5.91 Å². The quantitative estimate of drug-likeness (QED) is 0.844. The number of methoxy groups -OCH3 is 1. The molecule has 1 aromatic heterocycles. The van der Waals surface area contributed by atoms with Crippen molar-refractivity contribution in [1.82, 2.24) is 15.4 Å². The predicted octanol–water partition coefficient (Wildman–Crippen LogP) is 2.73. The van der Waals surface area contributed by atoms with Gasteiger partial charge in [0.15, 0.2) is 11.5 Å². The number of benzene rings is 1. The average Bonchev–Trinajstić information content (AvgIpc) is 3.37. The van der Waals surface area contributed by atoms with Crippen LogP contribution in [0.3, 0.4) is 0 Å². The summed E-state index contributed by atoms with van der Waals surface area (Å²) in [6.07, 6.45) is 2.02. The van der Waals surface area contributed by atoms with Crippen LogP contribution < -0.4 is 10.1 Å². The average molecular weight is 371 g/mol. The number of likely N-dealkylation sites (tertiary alicyclic amines) is 1. The summed E-state index contributed by atoms with van der Waals surface area (Å²) in [5.74, 6) is 0.676. The molecule has 1 N–H and O–H groups in total. The van der Waals surface area contributed by atoms with Crippen molar-refractivity contribution >= 4 is 11.8 Å². The molecular weight excluding hydrogens is 346 g/mol. The van der Waals surface area contributed by atoms with E-state index < -0.39 is 11.9 Å². The van der Waals surface area contributed by atoms with E-state index in [4.69, 9.17) is 9.26 Å². The maximum absolute atomic E-state index is 12.7. The molecule has 1 fully saturated rings. The van der Waals surface area contributed by atoms with Gasteiger partial charge in [0, 0.05) is 24.7 Å². The highest BCUT2D eigenvalue weighted by Crippen LogP contribution is 2.24. The Bertz CT molecular complexity index is 809. The smallest absolute Gasteiger partial charge is 0.274 e. The number of aromatic nitrogens is 1. The molecule has 0 spiro atoms. The van der Waals surface area contributed by atoms with Crippen LogP contribution in [0, 0.1) is 5.92 Å². The number of carbonyl (C=O) groups excluding carboxylic acids is 2. The van der Waals surface area contributed by atoms with E-state index in [1.54, 1.807) is 19.2 Å². The van der Waals surface area contributed by atoms with Gasteiger partial charge in [-0.15, -0.1) is 0 Å². The van der Waals surface area contributed by atoms with E-state index in [9.17, 15) is 9.59 Å². The van der Waals surface area contributed by atoms with Crippen LogP contribution in [0.2, 0.25) is 0 Å². The minimum atomic E-state index is -0.576. The fraction of sp³-hybridized carbons (Fsp3) is 0.450. The summed E-state index contributed by atoms with van der Waals surface area (Å²) in [6, 6.07) is 8.30. The molecule has 0 bridgehead atoms. The van der Waals surface area contributed by atoms with Gasteiger partial charge in [0.2, 0.25) is 5.91 Å². The van der Waals surface area contributed by atoms with Crippen molar-refractivity contribution < 1.29 is 18.8 Å². The van der Waals surface area contributed by atoms with Gasteiger partial charge in [-0.25, -0.2) is 0 Å². The van der Waals surface area contributed by atoms with E-state index in [2.05, 4.69) is 10.5 Å². The Kier molecular flexibility index (Phi) is 5.78. The normalized spacial score (nSPS) is 15.0. The Hall–Kier alpha value is -2.83. The van der Waals surface area contributed by atoms with Crippen LogP contribution in [0.15, 0.2) is 34.9 Å². The highest BCUT2D eigenvalue weighted by Gasteiger charge is 2.31. The molecule has 7 heteroatoms. The number of nitrogens with one attached hydrogen (secondary N) is 1. The van der Waals surface area contributed by atoms with Crippen molar-refractivity contribution in [2.75, 3.05) is 20.2 Å². The first kappa shape index (κ1) is 18.9. The van der Waals surface area contributed by atoms with Crippen molar-refractivity contribution in [2.45, 2.75) is 32.7 Å². The molecule has 1 aliphatic heterocycles. The van der Waals surface area contributed by atoms with E-state index in [0.29, 0.717) is 11.5 Å². The zero-order valence-electron chi connectivity index (χ0n) is 15.9. The van der Waals surface area contributed by atoms with Crippen LogP contribution in [-0.2, 0) is 4.79 Å². The lowest BCUT2D eigenvalue weighted by Gasteiger charge is -2.26. The van der Waals surface area contributed by atoms with E-state index >= 15 is 0 Å². The predicted molar refractivity (Wildman–Crippen MR) is 100 cm³/mol. The number of ether oxygens (including phenoxy) is 1. The van der Waals surface area contributed by atoms with Crippen LogP contribution in [0.1, 0.15) is 37.2 Å². The van der Waals surface area contributed by atoms with Gasteiger partial charge in [0.1, 0.15) is 11.8 Å². The van der Waals surface area contributed by atoms with Crippen LogP contribution in [0.4, 0.5) is 0 Å². The molecule has 2 amide bonds. The summed E-state index contributed by atoms with van der Waals surface area (Å²) >= 11 is 0. The van der Waals surface area contributed by atoms with Gasteiger partial charge in [-0.1, -0.05) is 31.1 Å². The Balaban J connectivity index is 1.73. The molecule has 7 nitrogen and oxygen atoms in total. The van der Waals surface area contributed by atoms with Gasteiger partial charge in [-0.3, -0.25) is 9.59 Å². The number of carbonyl (C=O) groups is 2. The number of rotatable bonds is 6. The van der Waals surface area contributed by atoms with Crippen LogP contribution >= 0.6 is 0 Å². The third-order valence-electron chi connectivity index (χ3n) is 4.73. The first-order valence-electron chi connectivity index (χ1n) is 9.20. The molecule has 0 radical (unpaired) electrons. The Labute approximate surface area is 158 Å². The molecule has 3 rings (SSSR count). The molecule has 27 heavy (non-hydrogen) atoms. The molecule has 1 atom stereocenters. The highest BCUT2D eigenvalue weighted by molar-refractivity contribution is 5.96. The molecule has 2 heterocycles. The standard InChI is InChI=1S/C20H25N3O4/c1-13(2)18(20(25)23-9-4-5-10-23)21-19(24)16-12-17(27-22-16)14-7-6-8-15(11-14)26-3/h6-8,11-13,18H,4-5,9-10H2,1-3H3,(H,21,24). The third kappa shape index (κ3) is 4.30. The summed E-state index contributed by atoms with van der Waals surface area (Å²) in [7, 11) is 1.59. The first-order chi connectivity index (χ1) is 13.0. The number of amides is 2. The fourth-order valence-corrected chi connectivity index (χ4v) is 3.16. The summed E-state index contributed by atoms with van der Waals surface area (Å²) < 4.78 is 10.5. The van der Waals surface area contributed by atoms with Crippen molar-refractivity contribution in [1.29, 1.82) is 0 Å². The Morgan fingerprint density at radius 2 is 1.96 bits per heavy atom. The maximum atomic E-state index is 12.7. The van der Waals surface area contributed by atoms with Gasteiger partial charge >= 0.3 is 0 Å². The first-order valence-corrected chi connectivity index (χ1v) is 9.20. The minimum absolute atomic E-state index is 0.0215. The van der Waals surface area contributed by atoms with Gasteiger partial charge in [-0.2, -0.15) is 0 Å².